The first-order valence-corrected chi connectivity index (χ1v) is 10.6. The third kappa shape index (κ3) is 2.55. The lowest BCUT2D eigenvalue weighted by molar-refractivity contribution is -0.144. The van der Waals surface area contributed by atoms with Crippen molar-refractivity contribution in [1.29, 1.82) is 0 Å². The van der Waals surface area contributed by atoms with E-state index in [0.717, 1.165) is 37.8 Å². The zero-order valence-electron chi connectivity index (χ0n) is 17.2. The van der Waals surface area contributed by atoms with Crippen LogP contribution in [0.1, 0.15) is 65.7 Å². The SMILES string of the molecule is CC12CCC(C(=O)NC3CCCCC3)(C(=O)C1=NNc1ccccc1)C2(C)C. The summed E-state index contributed by atoms with van der Waals surface area (Å²) in [6.45, 7) is 6.24. The molecule has 0 heterocycles. The summed E-state index contributed by atoms with van der Waals surface area (Å²) in [4.78, 5) is 27.1. The highest BCUT2D eigenvalue weighted by atomic mass is 16.2. The molecule has 2 unspecified atom stereocenters. The van der Waals surface area contributed by atoms with Crippen molar-refractivity contribution in [2.45, 2.75) is 71.8 Å². The summed E-state index contributed by atoms with van der Waals surface area (Å²) >= 11 is 0. The van der Waals surface area contributed by atoms with E-state index in [1.165, 1.54) is 6.42 Å². The number of para-hydroxylation sites is 1. The molecule has 4 rings (SSSR count). The van der Waals surface area contributed by atoms with Gasteiger partial charge in [-0.25, -0.2) is 0 Å². The van der Waals surface area contributed by atoms with Gasteiger partial charge in [-0.15, -0.1) is 0 Å². The fourth-order valence-electron chi connectivity index (χ4n) is 5.66. The van der Waals surface area contributed by atoms with E-state index in [9.17, 15) is 9.59 Å². The molecule has 0 spiro atoms. The molecule has 3 aliphatic carbocycles. The van der Waals surface area contributed by atoms with E-state index in [2.05, 4.69) is 36.6 Å². The third-order valence-corrected chi connectivity index (χ3v) is 7.97. The van der Waals surface area contributed by atoms with Gasteiger partial charge in [-0.05, 0) is 43.2 Å². The van der Waals surface area contributed by atoms with Crippen molar-refractivity contribution in [3.63, 3.8) is 0 Å². The average molecular weight is 382 g/mol. The molecule has 0 aromatic heterocycles. The molecular weight excluding hydrogens is 350 g/mol. The minimum Gasteiger partial charge on any atom is -0.352 e. The highest BCUT2D eigenvalue weighted by molar-refractivity contribution is 6.50. The summed E-state index contributed by atoms with van der Waals surface area (Å²) in [6.07, 6.45) is 7.00. The van der Waals surface area contributed by atoms with E-state index < -0.39 is 16.2 Å². The molecule has 0 aliphatic heterocycles. The van der Waals surface area contributed by atoms with E-state index in [0.29, 0.717) is 12.1 Å². The quantitative estimate of drug-likeness (QED) is 0.603. The number of ketones is 1. The Balaban J connectivity index is 1.64. The summed E-state index contributed by atoms with van der Waals surface area (Å²) < 4.78 is 0. The summed E-state index contributed by atoms with van der Waals surface area (Å²) in [5.41, 5.74) is 2.52. The minimum atomic E-state index is -1.00. The van der Waals surface area contributed by atoms with Gasteiger partial charge in [0.15, 0.2) is 5.78 Å². The maximum atomic E-state index is 13.6. The first-order valence-electron chi connectivity index (χ1n) is 10.6. The van der Waals surface area contributed by atoms with Gasteiger partial charge >= 0.3 is 0 Å². The molecular formula is C23H31N3O2. The van der Waals surface area contributed by atoms with E-state index in [1.54, 1.807) is 0 Å². The Hall–Kier alpha value is -2.17. The number of nitrogens with one attached hydrogen (secondary N) is 2. The predicted octanol–water partition coefficient (Wildman–Crippen LogP) is 4.30. The molecule has 28 heavy (non-hydrogen) atoms. The van der Waals surface area contributed by atoms with Gasteiger partial charge in [0.05, 0.1) is 5.69 Å². The molecule has 5 heteroatoms. The van der Waals surface area contributed by atoms with Crippen molar-refractivity contribution in [3.8, 4) is 0 Å². The molecule has 1 aromatic rings. The maximum Gasteiger partial charge on any atom is 0.234 e. The molecule has 2 bridgehead atoms. The van der Waals surface area contributed by atoms with Crippen molar-refractivity contribution in [3.05, 3.63) is 30.3 Å². The van der Waals surface area contributed by atoms with Crippen LogP contribution in [0.3, 0.4) is 0 Å². The second kappa shape index (κ2) is 6.71. The van der Waals surface area contributed by atoms with Gasteiger partial charge in [0.25, 0.3) is 0 Å². The van der Waals surface area contributed by atoms with Gasteiger partial charge in [-0.2, -0.15) is 5.10 Å². The highest BCUT2D eigenvalue weighted by Crippen LogP contribution is 2.69. The Labute approximate surface area is 167 Å². The van der Waals surface area contributed by atoms with Crippen molar-refractivity contribution < 1.29 is 9.59 Å². The molecule has 3 saturated carbocycles. The van der Waals surface area contributed by atoms with E-state index in [4.69, 9.17) is 0 Å². The molecule has 3 aliphatic rings. The van der Waals surface area contributed by atoms with Crippen LogP contribution in [-0.4, -0.2) is 23.4 Å². The average Bonchev–Trinajstić information content (AvgIpc) is 2.97. The number of fused-ring (bicyclic) bond motifs is 2. The van der Waals surface area contributed by atoms with Gasteiger partial charge in [-0.1, -0.05) is 58.2 Å². The van der Waals surface area contributed by atoms with Crippen LogP contribution < -0.4 is 10.7 Å². The monoisotopic (exact) mass is 381 g/mol. The van der Waals surface area contributed by atoms with Gasteiger partial charge in [0, 0.05) is 11.5 Å². The van der Waals surface area contributed by atoms with E-state index in [-0.39, 0.29) is 17.7 Å². The number of carbonyl (C=O) groups excluding carboxylic acids is 2. The number of Topliss-reactive ketones (excluding diaryl/α,β-unsaturated/α-hetero) is 1. The second-order valence-electron chi connectivity index (χ2n) is 9.44. The molecule has 3 fully saturated rings. The number of rotatable bonds is 4. The number of hydrogen-bond acceptors (Lipinski definition) is 4. The number of anilines is 1. The van der Waals surface area contributed by atoms with Crippen molar-refractivity contribution in [2.24, 2.45) is 21.3 Å². The normalized spacial score (nSPS) is 33.2. The fraction of sp³-hybridized carbons (Fsp3) is 0.609. The smallest absolute Gasteiger partial charge is 0.234 e. The summed E-state index contributed by atoms with van der Waals surface area (Å²) in [5, 5.41) is 7.78. The Kier molecular flexibility index (Phi) is 4.59. The van der Waals surface area contributed by atoms with Crippen LogP contribution in [0.4, 0.5) is 5.69 Å². The number of carbonyl (C=O) groups is 2. The molecule has 1 amide bonds. The van der Waals surface area contributed by atoms with Crippen LogP contribution in [0.25, 0.3) is 0 Å². The predicted molar refractivity (Wildman–Crippen MR) is 111 cm³/mol. The van der Waals surface area contributed by atoms with Crippen molar-refractivity contribution in [1.82, 2.24) is 5.32 Å². The number of nitrogens with zero attached hydrogens (tertiary/aromatic N) is 1. The first-order chi connectivity index (χ1) is 13.3. The standard InChI is InChI=1S/C23H31N3O2/c1-21(2)22(3)14-15-23(21,20(28)24-16-10-6-4-7-11-16)19(27)18(22)26-25-17-12-8-5-9-13-17/h5,8-9,12-13,16,25H,4,6-7,10-11,14-15H2,1-3H3,(H,24,28). The largest absolute Gasteiger partial charge is 0.352 e. The lowest BCUT2D eigenvalue weighted by Gasteiger charge is -2.38. The van der Waals surface area contributed by atoms with Crippen LogP contribution in [-0.2, 0) is 9.59 Å². The van der Waals surface area contributed by atoms with Gasteiger partial charge < -0.3 is 5.32 Å². The topological polar surface area (TPSA) is 70.6 Å². The summed E-state index contributed by atoms with van der Waals surface area (Å²) in [7, 11) is 0. The molecule has 2 atom stereocenters. The van der Waals surface area contributed by atoms with Crippen LogP contribution in [0, 0.1) is 16.2 Å². The zero-order chi connectivity index (χ0) is 20.0. The lowest BCUT2D eigenvalue weighted by Crippen LogP contribution is -2.53. The van der Waals surface area contributed by atoms with Crippen LogP contribution in [0.2, 0.25) is 0 Å². The Bertz CT molecular complexity index is 810. The third-order valence-electron chi connectivity index (χ3n) is 7.97. The van der Waals surface area contributed by atoms with Gasteiger partial charge in [-0.3, -0.25) is 15.0 Å². The van der Waals surface area contributed by atoms with Crippen LogP contribution in [0.5, 0.6) is 0 Å². The van der Waals surface area contributed by atoms with Crippen molar-refractivity contribution >= 4 is 23.1 Å². The molecule has 5 nitrogen and oxygen atoms in total. The fourth-order valence-corrected chi connectivity index (χ4v) is 5.66. The molecule has 150 valence electrons. The Morgan fingerprint density at radius 3 is 2.39 bits per heavy atom. The number of benzene rings is 1. The van der Waals surface area contributed by atoms with Crippen LogP contribution >= 0.6 is 0 Å². The summed E-state index contributed by atoms with van der Waals surface area (Å²) in [6, 6.07) is 9.83. The number of amides is 1. The lowest BCUT2D eigenvalue weighted by atomic mass is 9.64. The number of hydrogen-bond donors (Lipinski definition) is 2. The Morgan fingerprint density at radius 2 is 1.71 bits per heavy atom. The molecule has 0 saturated heterocycles. The molecule has 2 N–H and O–H groups in total. The molecule has 0 radical (unpaired) electrons. The van der Waals surface area contributed by atoms with Gasteiger partial charge in [0.2, 0.25) is 5.91 Å². The maximum absolute atomic E-state index is 13.6. The molecule has 1 aromatic carbocycles. The second-order valence-corrected chi connectivity index (χ2v) is 9.44. The first kappa shape index (κ1) is 19.2. The van der Waals surface area contributed by atoms with Gasteiger partial charge in [0.1, 0.15) is 11.1 Å². The zero-order valence-corrected chi connectivity index (χ0v) is 17.2. The van der Waals surface area contributed by atoms with E-state index >= 15 is 0 Å². The number of hydrazone groups is 1. The van der Waals surface area contributed by atoms with E-state index in [1.807, 2.05) is 30.3 Å². The summed E-state index contributed by atoms with van der Waals surface area (Å²) in [5.74, 6) is -0.175. The highest BCUT2D eigenvalue weighted by Gasteiger charge is 2.76. The Morgan fingerprint density at radius 1 is 1.04 bits per heavy atom. The minimum absolute atomic E-state index is 0.0805. The van der Waals surface area contributed by atoms with Crippen molar-refractivity contribution in [2.75, 3.05) is 5.43 Å². The van der Waals surface area contributed by atoms with Crippen LogP contribution in [0.15, 0.2) is 35.4 Å².